The molecule has 1 aliphatic rings. The second-order valence-electron chi connectivity index (χ2n) is 7.42. The summed E-state index contributed by atoms with van der Waals surface area (Å²) in [7, 11) is 3.23. The van der Waals surface area contributed by atoms with Gasteiger partial charge in [-0.15, -0.1) is 0 Å². The number of benzene rings is 1. The number of carbonyl (C=O) groups excluding carboxylic acids is 1. The number of methoxy groups -OCH3 is 2. The van der Waals surface area contributed by atoms with E-state index >= 15 is 0 Å². The van der Waals surface area contributed by atoms with Gasteiger partial charge in [0.25, 0.3) is 0 Å². The zero-order valence-electron chi connectivity index (χ0n) is 17.4. The molecule has 7 nitrogen and oxygen atoms in total. The summed E-state index contributed by atoms with van der Waals surface area (Å²) in [6.45, 7) is 2.77. The number of carbonyl (C=O) groups is 1. The van der Waals surface area contributed by atoms with Crippen LogP contribution in [0.25, 0.3) is 22.2 Å². The van der Waals surface area contributed by atoms with Crippen molar-refractivity contribution in [3.63, 3.8) is 0 Å². The van der Waals surface area contributed by atoms with Crippen molar-refractivity contribution >= 4 is 22.6 Å². The van der Waals surface area contributed by atoms with Crippen LogP contribution in [0.2, 0.25) is 0 Å². The Kier molecular flexibility index (Phi) is 5.70. The maximum absolute atomic E-state index is 11.8. The molecule has 7 heteroatoms. The van der Waals surface area contributed by atoms with Crippen LogP contribution in [0, 0.1) is 5.92 Å². The minimum atomic E-state index is 0.118. The van der Waals surface area contributed by atoms with Gasteiger partial charge < -0.3 is 20.1 Å². The molecule has 3 aromatic rings. The number of nitrogens with zero attached hydrogens (tertiary/aromatic N) is 2. The van der Waals surface area contributed by atoms with Gasteiger partial charge in [0.2, 0.25) is 5.91 Å². The van der Waals surface area contributed by atoms with Gasteiger partial charge in [0.05, 0.1) is 25.4 Å². The summed E-state index contributed by atoms with van der Waals surface area (Å²) in [5.74, 6) is 2.43. The van der Waals surface area contributed by atoms with E-state index in [0.717, 1.165) is 34.4 Å². The predicted octanol–water partition coefficient (Wildman–Crippen LogP) is 3.64. The lowest BCUT2D eigenvalue weighted by Gasteiger charge is -2.19. The number of pyridine rings is 2. The number of hydrogen-bond donors (Lipinski definition) is 2. The first-order chi connectivity index (χ1) is 14.6. The van der Waals surface area contributed by atoms with E-state index in [-0.39, 0.29) is 17.9 Å². The Hall–Kier alpha value is -3.35. The Bertz CT molecular complexity index is 1070. The molecule has 0 bridgehead atoms. The summed E-state index contributed by atoms with van der Waals surface area (Å²) < 4.78 is 10.8. The molecule has 2 unspecified atom stereocenters. The number of aromatic nitrogens is 2. The van der Waals surface area contributed by atoms with E-state index in [1.165, 1.54) is 0 Å². The van der Waals surface area contributed by atoms with Crippen molar-refractivity contribution in [1.29, 1.82) is 0 Å². The van der Waals surface area contributed by atoms with Gasteiger partial charge in [0.15, 0.2) is 11.5 Å². The third-order valence-electron chi connectivity index (χ3n) is 5.61. The molecule has 4 rings (SSSR count). The van der Waals surface area contributed by atoms with Crippen molar-refractivity contribution in [2.45, 2.75) is 25.8 Å². The number of anilines is 1. The minimum Gasteiger partial charge on any atom is -0.493 e. The third kappa shape index (κ3) is 3.87. The van der Waals surface area contributed by atoms with Crippen LogP contribution in [-0.2, 0) is 4.79 Å². The molecule has 1 saturated heterocycles. The molecule has 156 valence electrons. The van der Waals surface area contributed by atoms with E-state index in [4.69, 9.17) is 14.5 Å². The normalized spacial score (nSPS) is 18.3. The van der Waals surface area contributed by atoms with Crippen LogP contribution in [-0.4, -0.2) is 42.7 Å². The molecule has 3 heterocycles. The van der Waals surface area contributed by atoms with Crippen LogP contribution in [0.15, 0.2) is 42.6 Å². The Balaban J connectivity index is 1.69. The molecule has 2 atom stereocenters. The Morgan fingerprint density at radius 2 is 2.00 bits per heavy atom. The lowest BCUT2D eigenvalue weighted by molar-refractivity contribution is -0.119. The zero-order valence-corrected chi connectivity index (χ0v) is 17.4. The first kappa shape index (κ1) is 19.9. The number of fused-ring (bicyclic) bond motifs is 1. The third-order valence-corrected chi connectivity index (χ3v) is 5.61. The standard InChI is InChI=1S/C23H26N4O3/c1-4-17-15(11-22(28)26-17)13-25-23-16-6-5-9-24-19(16)12-18(27-23)14-7-8-20(29-2)21(10-14)30-3/h5-10,12,15,17H,4,11,13H2,1-3H3,(H,25,27)(H,26,28). The molecule has 1 aromatic carbocycles. The number of amides is 1. The van der Waals surface area contributed by atoms with E-state index < -0.39 is 0 Å². The molecule has 1 fully saturated rings. The van der Waals surface area contributed by atoms with Crippen LogP contribution in [0.3, 0.4) is 0 Å². The van der Waals surface area contributed by atoms with Gasteiger partial charge in [0.1, 0.15) is 5.82 Å². The van der Waals surface area contributed by atoms with E-state index in [2.05, 4.69) is 22.5 Å². The van der Waals surface area contributed by atoms with Gasteiger partial charge in [-0.05, 0) is 42.8 Å². The molecular weight excluding hydrogens is 380 g/mol. The van der Waals surface area contributed by atoms with Crippen LogP contribution in [0.1, 0.15) is 19.8 Å². The maximum Gasteiger partial charge on any atom is 0.220 e. The summed E-state index contributed by atoms with van der Waals surface area (Å²) in [6, 6.07) is 11.8. The zero-order chi connectivity index (χ0) is 21.1. The highest BCUT2D eigenvalue weighted by atomic mass is 16.5. The van der Waals surface area contributed by atoms with E-state index in [1.807, 2.05) is 36.4 Å². The topological polar surface area (TPSA) is 85.4 Å². The highest BCUT2D eigenvalue weighted by molar-refractivity contribution is 5.92. The Labute approximate surface area is 175 Å². The smallest absolute Gasteiger partial charge is 0.220 e. The van der Waals surface area contributed by atoms with E-state index in [0.29, 0.717) is 24.5 Å². The maximum atomic E-state index is 11.8. The van der Waals surface area contributed by atoms with Gasteiger partial charge in [-0.2, -0.15) is 0 Å². The monoisotopic (exact) mass is 406 g/mol. The highest BCUT2D eigenvalue weighted by Crippen LogP contribution is 2.34. The Morgan fingerprint density at radius 1 is 1.17 bits per heavy atom. The molecule has 0 radical (unpaired) electrons. The summed E-state index contributed by atoms with van der Waals surface area (Å²) >= 11 is 0. The summed E-state index contributed by atoms with van der Waals surface area (Å²) in [4.78, 5) is 21.2. The second kappa shape index (κ2) is 8.57. The highest BCUT2D eigenvalue weighted by Gasteiger charge is 2.30. The lowest BCUT2D eigenvalue weighted by atomic mass is 9.98. The first-order valence-corrected chi connectivity index (χ1v) is 10.1. The Morgan fingerprint density at radius 3 is 2.77 bits per heavy atom. The summed E-state index contributed by atoms with van der Waals surface area (Å²) in [6.07, 6.45) is 3.23. The predicted molar refractivity (Wildman–Crippen MR) is 117 cm³/mol. The van der Waals surface area contributed by atoms with Crippen LogP contribution >= 0.6 is 0 Å². The summed E-state index contributed by atoms with van der Waals surface area (Å²) in [5, 5.41) is 7.48. The SMILES string of the molecule is CCC1NC(=O)CC1CNc1nc(-c2ccc(OC)c(OC)c2)cc2ncccc12. The number of rotatable bonds is 7. The van der Waals surface area contributed by atoms with Crippen molar-refractivity contribution in [3.8, 4) is 22.8 Å². The minimum absolute atomic E-state index is 0.118. The average molecular weight is 406 g/mol. The number of hydrogen-bond acceptors (Lipinski definition) is 6. The molecule has 0 aliphatic carbocycles. The van der Waals surface area contributed by atoms with Crippen molar-refractivity contribution < 1.29 is 14.3 Å². The molecule has 30 heavy (non-hydrogen) atoms. The van der Waals surface area contributed by atoms with Crippen LogP contribution in [0.4, 0.5) is 5.82 Å². The van der Waals surface area contributed by atoms with Gasteiger partial charge in [-0.1, -0.05) is 6.92 Å². The fourth-order valence-electron chi connectivity index (χ4n) is 3.99. The van der Waals surface area contributed by atoms with Gasteiger partial charge in [-0.25, -0.2) is 4.98 Å². The first-order valence-electron chi connectivity index (χ1n) is 10.1. The lowest BCUT2D eigenvalue weighted by Crippen LogP contribution is -2.31. The molecular formula is C23H26N4O3. The van der Waals surface area contributed by atoms with E-state index in [9.17, 15) is 4.79 Å². The van der Waals surface area contributed by atoms with Crippen molar-refractivity contribution in [1.82, 2.24) is 15.3 Å². The second-order valence-corrected chi connectivity index (χ2v) is 7.42. The molecule has 0 saturated carbocycles. The van der Waals surface area contributed by atoms with Gasteiger partial charge in [-0.3, -0.25) is 9.78 Å². The molecule has 1 aliphatic heterocycles. The van der Waals surface area contributed by atoms with Crippen molar-refractivity contribution in [2.24, 2.45) is 5.92 Å². The molecule has 0 spiro atoms. The number of ether oxygens (including phenoxy) is 2. The fraction of sp³-hybridized carbons (Fsp3) is 0.348. The van der Waals surface area contributed by atoms with Crippen molar-refractivity contribution in [3.05, 3.63) is 42.6 Å². The quantitative estimate of drug-likeness (QED) is 0.623. The fourth-order valence-corrected chi connectivity index (χ4v) is 3.99. The van der Waals surface area contributed by atoms with E-state index in [1.54, 1.807) is 20.4 Å². The largest absolute Gasteiger partial charge is 0.493 e. The number of nitrogens with one attached hydrogen (secondary N) is 2. The van der Waals surface area contributed by atoms with Crippen molar-refractivity contribution in [2.75, 3.05) is 26.1 Å². The average Bonchev–Trinajstić information content (AvgIpc) is 3.16. The molecule has 2 N–H and O–H groups in total. The van der Waals surface area contributed by atoms with Crippen LogP contribution in [0.5, 0.6) is 11.5 Å². The molecule has 2 aromatic heterocycles. The van der Waals surface area contributed by atoms with Gasteiger partial charge >= 0.3 is 0 Å². The molecule has 1 amide bonds. The van der Waals surface area contributed by atoms with Gasteiger partial charge in [0, 0.05) is 42.1 Å². The van der Waals surface area contributed by atoms with Crippen LogP contribution < -0.4 is 20.1 Å². The summed E-state index contributed by atoms with van der Waals surface area (Å²) in [5.41, 5.74) is 2.55.